The second-order valence-corrected chi connectivity index (χ2v) is 6.29. The van der Waals surface area contributed by atoms with Crippen molar-refractivity contribution in [3.05, 3.63) is 11.4 Å². The molecule has 1 aliphatic rings. The van der Waals surface area contributed by atoms with Crippen LogP contribution in [-0.4, -0.2) is 46.4 Å². The lowest BCUT2D eigenvalue weighted by Crippen LogP contribution is -2.25. The van der Waals surface area contributed by atoms with Crippen LogP contribution < -0.4 is 5.73 Å². The summed E-state index contributed by atoms with van der Waals surface area (Å²) in [5.41, 5.74) is 5.90. The first kappa shape index (κ1) is 13.4. The second kappa shape index (κ2) is 5.84. The standard InChI is InChI=1S/C12H14N4O2S2/c13-9-8-2-7-19-10(8)15-11(14-9)20-6-1-3-16-4-5-18-12(16)17/h2,7H,1,3-6H2,(H2,13,14,15). The molecule has 2 aromatic heterocycles. The Balaban J connectivity index is 1.53. The Morgan fingerprint density at radius 2 is 2.40 bits per heavy atom. The third kappa shape index (κ3) is 2.80. The van der Waals surface area contributed by atoms with E-state index >= 15 is 0 Å². The van der Waals surface area contributed by atoms with E-state index < -0.39 is 0 Å². The number of hydrogen-bond donors (Lipinski definition) is 1. The average molecular weight is 310 g/mol. The summed E-state index contributed by atoms with van der Waals surface area (Å²) in [4.78, 5) is 22.7. The van der Waals surface area contributed by atoms with Gasteiger partial charge < -0.3 is 15.4 Å². The Hall–Kier alpha value is -1.54. The highest BCUT2D eigenvalue weighted by molar-refractivity contribution is 7.99. The summed E-state index contributed by atoms with van der Waals surface area (Å²) in [6, 6.07) is 1.93. The third-order valence-electron chi connectivity index (χ3n) is 2.98. The number of thiophene rings is 1. The summed E-state index contributed by atoms with van der Waals surface area (Å²) >= 11 is 3.12. The highest BCUT2D eigenvalue weighted by Crippen LogP contribution is 2.26. The molecule has 0 radical (unpaired) electrons. The lowest BCUT2D eigenvalue weighted by Gasteiger charge is -2.11. The smallest absolute Gasteiger partial charge is 0.409 e. The fraction of sp³-hybridized carbons (Fsp3) is 0.417. The van der Waals surface area contributed by atoms with Gasteiger partial charge in [0.15, 0.2) is 5.16 Å². The number of ether oxygens (including phenoxy) is 1. The van der Waals surface area contributed by atoms with Crippen molar-refractivity contribution in [2.45, 2.75) is 11.6 Å². The summed E-state index contributed by atoms with van der Waals surface area (Å²) < 4.78 is 4.88. The van der Waals surface area contributed by atoms with Crippen LogP contribution in [0.25, 0.3) is 10.2 Å². The molecule has 1 aliphatic heterocycles. The maximum Gasteiger partial charge on any atom is 0.409 e. The zero-order valence-electron chi connectivity index (χ0n) is 10.7. The number of nitrogen functional groups attached to an aromatic ring is 1. The predicted octanol–water partition coefficient (Wildman–Crippen LogP) is 2.21. The first-order valence-electron chi connectivity index (χ1n) is 6.29. The monoisotopic (exact) mass is 310 g/mol. The van der Waals surface area contributed by atoms with E-state index in [4.69, 9.17) is 10.5 Å². The number of carbonyl (C=O) groups is 1. The topological polar surface area (TPSA) is 81.3 Å². The summed E-state index contributed by atoms with van der Waals surface area (Å²) in [5, 5.41) is 3.57. The van der Waals surface area contributed by atoms with Crippen molar-refractivity contribution in [2.24, 2.45) is 0 Å². The van der Waals surface area contributed by atoms with Crippen molar-refractivity contribution in [3.63, 3.8) is 0 Å². The lowest BCUT2D eigenvalue weighted by atomic mass is 10.4. The zero-order valence-corrected chi connectivity index (χ0v) is 12.4. The van der Waals surface area contributed by atoms with E-state index in [-0.39, 0.29) is 6.09 Å². The quantitative estimate of drug-likeness (QED) is 0.518. The first-order chi connectivity index (χ1) is 9.74. The highest BCUT2D eigenvalue weighted by Gasteiger charge is 2.20. The van der Waals surface area contributed by atoms with Crippen LogP contribution in [0.15, 0.2) is 16.6 Å². The fourth-order valence-electron chi connectivity index (χ4n) is 1.97. The molecule has 3 rings (SSSR count). The maximum atomic E-state index is 11.3. The zero-order chi connectivity index (χ0) is 13.9. The molecule has 106 valence electrons. The molecule has 3 heterocycles. The van der Waals surface area contributed by atoms with Crippen LogP contribution in [0.2, 0.25) is 0 Å². The second-order valence-electron chi connectivity index (χ2n) is 4.33. The van der Waals surface area contributed by atoms with Gasteiger partial charge in [0, 0.05) is 12.3 Å². The SMILES string of the molecule is Nc1nc(SCCCN2CCOC2=O)nc2sccc12. The van der Waals surface area contributed by atoms with Crippen LogP contribution in [0.5, 0.6) is 0 Å². The third-order valence-corrected chi connectivity index (χ3v) is 4.72. The number of amides is 1. The van der Waals surface area contributed by atoms with Crippen LogP contribution in [0.1, 0.15) is 6.42 Å². The molecule has 0 aromatic carbocycles. The minimum absolute atomic E-state index is 0.213. The van der Waals surface area contributed by atoms with Crippen LogP contribution in [0.3, 0.4) is 0 Å². The molecule has 0 saturated carbocycles. The summed E-state index contributed by atoms with van der Waals surface area (Å²) in [7, 11) is 0. The van der Waals surface area contributed by atoms with E-state index in [0.29, 0.717) is 30.7 Å². The van der Waals surface area contributed by atoms with Gasteiger partial charge in [-0.2, -0.15) is 0 Å². The normalized spacial score (nSPS) is 15.0. The largest absolute Gasteiger partial charge is 0.448 e. The molecule has 20 heavy (non-hydrogen) atoms. The Morgan fingerprint density at radius 1 is 1.50 bits per heavy atom. The van der Waals surface area contributed by atoms with Crippen molar-refractivity contribution < 1.29 is 9.53 Å². The van der Waals surface area contributed by atoms with Gasteiger partial charge in [-0.1, -0.05) is 11.8 Å². The molecule has 8 heteroatoms. The molecular formula is C12H14N4O2S2. The number of fused-ring (bicyclic) bond motifs is 1. The lowest BCUT2D eigenvalue weighted by molar-refractivity contribution is 0.158. The first-order valence-corrected chi connectivity index (χ1v) is 8.16. The Labute approximate surface area is 124 Å². The van der Waals surface area contributed by atoms with Crippen molar-refractivity contribution >= 4 is 45.2 Å². The highest BCUT2D eigenvalue weighted by atomic mass is 32.2. The molecule has 2 N–H and O–H groups in total. The Kier molecular flexibility index (Phi) is 3.93. The van der Waals surface area contributed by atoms with Crippen LogP contribution in [-0.2, 0) is 4.74 Å². The number of thioether (sulfide) groups is 1. The average Bonchev–Trinajstić information content (AvgIpc) is 3.04. The van der Waals surface area contributed by atoms with Crippen LogP contribution >= 0.6 is 23.1 Å². The van der Waals surface area contributed by atoms with Gasteiger partial charge in [-0.05, 0) is 17.9 Å². The van der Waals surface area contributed by atoms with E-state index in [2.05, 4.69) is 9.97 Å². The van der Waals surface area contributed by atoms with Crippen molar-refractivity contribution in [2.75, 3.05) is 31.2 Å². The predicted molar refractivity (Wildman–Crippen MR) is 80.1 cm³/mol. The molecule has 1 saturated heterocycles. The van der Waals surface area contributed by atoms with E-state index in [1.807, 2.05) is 11.4 Å². The molecule has 1 amide bonds. The summed E-state index contributed by atoms with van der Waals surface area (Å²) in [6.07, 6.45) is 0.668. The molecule has 6 nitrogen and oxygen atoms in total. The fourth-order valence-corrected chi connectivity index (χ4v) is 3.57. The van der Waals surface area contributed by atoms with Crippen molar-refractivity contribution in [1.82, 2.24) is 14.9 Å². The minimum Gasteiger partial charge on any atom is -0.448 e. The number of hydrogen-bond acceptors (Lipinski definition) is 7. The molecule has 0 aliphatic carbocycles. The van der Waals surface area contributed by atoms with Crippen molar-refractivity contribution in [3.8, 4) is 0 Å². The number of nitrogens with two attached hydrogens (primary N) is 1. The molecule has 1 fully saturated rings. The van der Waals surface area contributed by atoms with Gasteiger partial charge in [-0.15, -0.1) is 11.3 Å². The van der Waals surface area contributed by atoms with E-state index in [0.717, 1.165) is 22.4 Å². The van der Waals surface area contributed by atoms with Gasteiger partial charge in [0.05, 0.1) is 11.9 Å². The van der Waals surface area contributed by atoms with Gasteiger partial charge in [-0.3, -0.25) is 0 Å². The molecule has 0 atom stereocenters. The van der Waals surface area contributed by atoms with Gasteiger partial charge in [-0.25, -0.2) is 14.8 Å². The maximum absolute atomic E-state index is 11.3. The van der Waals surface area contributed by atoms with Crippen LogP contribution in [0, 0.1) is 0 Å². The number of nitrogens with zero attached hydrogens (tertiary/aromatic N) is 3. The van der Waals surface area contributed by atoms with Gasteiger partial charge >= 0.3 is 6.09 Å². The van der Waals surface area contributed by atoms with Gasteiger partial charge in [0.25, 0.3) is 0 Å². The number of anilines is 1. The van der Waals surface area contributed by atoms with Gasteiger partial charge in [0.1, 0.15) is 17.3 Å². The van der Waals surface area contributed by atoms with Crippen LogP contribution in [0.4, 0.5) is 10.6 Å². The molecule has 0 spiro atoms. The Morgan fingerprint density at radius 3 is 3.20 bits per heavy atom. The van der Waals surface area contributed by atoms with E-state index in [1.54, 1.807) is 28.0 Å². The summed E-state index contributed by atoms with van der Waals surface area (Å²) in [6.45, 7) is 1.90. The number of cyclic esters (lactones) is 1. The molecule has 0 bridgehead atoms. The van der Waals surface area contributed by atoms with Crippen molar-refractivity contribution in [1.29, 1.82) is 0 Å². The molecular weight excluding hydrogens is 296 g/mol. The summed E-state index contributed by atoms with van der Waals surface area (Å²) in [5.74, 6) is 1.38. The number of rotatable bonds is 5. The van der Waals surface area contributed by atoms with E-state index in [1.165, 1.54) is 0 Å². The Bertz CT molecular complexity index is 631. The molecule has 0 unspecified atom stereocenters. The van der Waals surface area contributed by atoms with E-state index in [9.17, 15) is 4.79 Å². The molecule has 2 aromatic rings. The minimum atomic E-state index is -0.213. The van der Waals surface area contributed by atoms with Gasteiger partial charge in [0.2, 0.25) is 0 Å². The number of aromatic nitrogens is 2. The number of carbonyl (C=O) groups excluding carboxylic acids is 1.